The highest BCUT2D eigenvalue weighted by Gasteiger charge is 2.34. The quantitative estimate of drug-likeness (QED) is 0.581. The number of benzene rings is 2. The van der Waals surface area contributed by atoms with Gasteiger partial charge in [-0.2, -0.15) is 17.5 Å². The Morgan fingerprint density at radius 1 is 0.968 bits per heavy atom. The van der Waals surface area contributed by atoms with Gasteiger partial charge < -0.3 is 5.32 Å². The molecule has 1 amide bonds. The van der Waals surface area contributed by atoms with E-state index in [2.05, 4.69) is 5.32 Å². The van der Waals surface area contributed by atoms with Crippen LogP contribution in [-0.2, 0) is 16.2 Å². The zero-order valence-corrected chi connectivity index (χ0v) is 18.5. The average Bonchev–Trinajstić information content (AvgIpc) is 2.99. The first-order valence-corrected chi connectivity index (χ1v) is 11.7. The second-order valence-corrected chi connectivity index (χ2v) is 9.88. The van der Waals surface area contributed by atoms with Crippen molar-refractivity contribution in [3.05, 3.63) is 57.6 Å². The van der Waals surface area contributed by atoms with Crippen molar-refractivity contribution < 1.29 is 26.4 Å². The Morgan fingerprint density at radius 3 is 2.23 bits per heavy atom. The number of halogens is 5. The molecule has 2 aromatic rings. The highest BCUT2D eigenvalue weighted by atomic mass is 35.5. The van der Waals surface area contributed by atoms with Crippen LogP contribution in [0.4, 0.5) is 18.9 Å². The molecule has 0 aliphatic carbocycles. The summed E-state index contributed by atoms with van der Waals surface area (Å²) in [5, 5.41) is 1.93. The molecule has 31 heavy (non-hydrogen) atoms. The molecule has 0 spiro atoms. The standard InChI is InChI=1S/C20H19Cl2F3N2O3S/c21-13-5-8-18(16(11-13)20(23,24)25)26-19(28)15-12-14(6-7-17(15)22)31(29,30)27-9-3-1-2-4-10-27/h5-8,11-12H,1-4,9-10H2,(H,26,28). The number of hydrogen-bond donors (Lipinski definition) is 1. The molecule has 0 aromatic heterocycles. The van der Waals surface area contributed by atoms with Crippen molar-refractivity contribution in [3.8, 4) is 0 Å². The highest BCUT2D eigenvalue weighted by molar-refractivity contribution is 7.89. The van der Waals surface area contributed by atoms with Crippen LogP contribution in [0.5, 0.6) is 0 Å². The summed E-state index contributed by atoms with van der Waals surface area (Å²) in [6.07, 6.45) is -1.42. The minimum absolute atomic E-state index is 0.0881. The molecule has 1 saturated heterocycles. The van der Waals surface area contributed by atoms with E-state index in [4.69, 9.17) is 23.2 Å². The lowest BCUT2D eigenvalue weighted by molar-refractivity contribution is -0.136. The van der Waals surface area contributed by atoms with Crippen LogP contribution in [-0.4, -0.2) is 31.7 Å². The number of hydrogen-bond acceptors (Lipinski definition) is 3. The lowest BCUT2D eigenvalue weighted by Gasteiger charge is -2.20. The number of carbonyl (C=O) groups is 1. The van der Waals surface area contributed by atoms with Gasteiger partial charge in [0.05, 0.1) is 26.7 Å². The van der Waals surface area contributed by atoms with Crippen LogP contribution < -0.4 is 5.32 Å². The number of nitrogens with one attached hydrogen (secondary N) is 1. The van der Waals surface area contributed by atoms with Crippen molar-refractivity contribution in [2.24, 2.45) is 0 Å². The van der Waals surface area contributed by atoms with E-state index in [1.807, 2.05) is 0 Å². The number of carbonyl (C=O) groups excluding carboxylic acids is 1. The Bertz CT molecular complexity index is 1080. The van der Waals surface area contributed by atoms with E-state index in [1.54, 1.807) is 0 Å². The van der Waals surface area contributed by atoms with Gasteiger partial charge in [0, 0.05) is 18.1 Å². The molecule has 5 nitrogen and oxygen atoms in total. The summed E-state index contributed by atoms with van der Waals surface area (Å²) in [5.41, 5.74) is -1.89. The molecule has 0 atom stereocenters. The van der Waals surface area contributed by atoms with Crippen molar-refractivity contribution in [3.63, 3.8) is 0 Å². The van der Waals surface area contributed by atoms with Crippen LogP contribution in [0.2, 0.25) is 10.0 Å². The number of nitrogens with zero attached hydrogens (tertiary/aromatic N) is 1. The van der Waals surface area contributed by atoms with Crippen molar-refractivity contribution in [1.82, 2.24) is 4.31 Å². The van der Waals surface area contributed by atoms with E-state index in [1.165, 1.54) is 22.5 Å². The highest BCUT2D eigenvalue weighted by Crippen LogP contribution is 2.37. The Hall–Kier alpha value is -1.81. The van der Waals surface area contributed by atoms with Gasteiger partial charge >= 0.3 is 6.18 Å². The summed E-state index contributed by atoms with van der Waals surface area (Å²) in [4.78, 5) is 12.6. The second kappa shape index (κ2) is 9.36. The largest absolute Gasteiger partial charge is 0.418 e. The number of sulfonamides is 1. The third-order valence-corrected chi connectivity index (χ3v) is 7.38. The van der Waals surface area contributed by atoms with Crippen LogP contribution in [0.25, 0.3) is 0 Å². The van der Waals surface area contributed by atoms with Gasteiger partial charge in [0.2, 0.25) is 10.0 Å². The molecule has 0 saturated carbocycles. The summed E-state index contributed by atoms with van der Waals surface area (Å²) >= 11 is 11.7. The van der Waals surface area contributed by atoms with E-state index in [0.717, 1.165) is 37.8 Å². The van der Waals surface area contributed by atoms with Gasteiger partial charge in [-0.15, -0.1) is 0 Å². The molecule has 0 radical (unpaired) electrons. The average molecular weight is 495 g/mol. The fourth-order valence-corrected chi connectivity index (χ4v) is 5.24. The Balaban J connectivity index is 1.93. The van der Waals surface area contributed by atoms with Gasteiger partial charge in [0.25, 0.3) is 5.91 Å². The van der Waals surface area contributed by atoms with Crippen molar-refractivity contribution in [2.75, 3.05) is 18.4 Å². The molecule has 0 bridgehead atoms. The van der Waals surface area contributed by atoms with Gasteiger partial charge in [-0.1, -0.05) is 36.0 Å². The second-order valence-electron chi connectivity index (χ2n) is 7.10. The van der Waals surface area contributed by atoms with Crippen LogP contribution in [0.15, 0.2) is 41.3 Å². The van der Waals surface area contributed by atoms with Gasteiger partial charge in [-0.05, 0) is 49.2 Å². The van der Waals surface area contributed by atoms with E-state index >= 15 is 0 Å². The Kier molecular flexibility index (Phi) is 7.20. The van der Waals surface area contributed by atoms with Gasteiger partial charge in [-0.25, -0.2) is 8.42 Å². The number of rotatable bonds is 4. The van der Waals surface area contributed by atoms with Crippen LogP contribution in [0, 0.1) is 0 Å². The molecule has 1 fully saturated rings. The Labute approximate surface area is 188 Å². The maximum atomic E-state index is 13.3. The topological polar surface area (TPSA) is 66.5 Å². The van der Waals surface area contributed by atoms with E-state index in [0.29, 0.717) is 19.2 Å². The normalized spacial score (nSPS) is 16.0. The minimum atomic E-state index is -4.75. The summed E-state index contributed by atoms with van der Waals surface area (Å²) in [7, 11) is -3.87. The number of anilines is 1. The molecule has 1 aliphatic rings. The molecule has 1 N–H and O–H groups in total. The van der Waals surface area contributed by atoms with Crippen molar-refractivity contribution >= 4 is 44.8 Å². The molecule has 0 unspecified atom stereocenters. The summed E-state index contributed by atoms with van der Waals surface area (Å²) in [5.74, 6) is -0.967. The van der Waals surface area contributed by atoms with Gasteiger partial charge in [0.15, 0.2) is 0 Å². The fraction of sp³-hybridized carbons (Fsp3) is 0.350. The molecule has 1 heterocycles. The molecular formula is C20H19Cl2F3N2O3S. The zero-order chi connectivity index (χ0) is 22.8. The predicted molar refractivity (Wildman–Crippen MR) is 113 cm³/mol. The lowest BCUT2D eigenvalue weighted by atomic mass is 10.1. The molecule has 168 valence electrons. The minimum Gasteiger partial charge on any atom is -0.321 e. The SMILES string of the molecule is O=C(Nc1ccc(Cl)cc1C(F)(F)F)c1cc(S(=O)(=O)N2CCCCCC2)ccc1Cl. The van der Waals surface area contributed by atoms with E-state index < -0.39 is 33.4 Å². The fourth-order valence-electron chi connectivity index (χ4n) is 3.32. The molecular weight excluding hydrogens is 476 g/mol. The molecule has 11 heteroatoms. The maximum Gasteiger partial charge on any atom is 0.418 e. The smallest absolute Gasteiger partial charge is 0.321 e. The summed E-state index contributed by atoms with van der Waals surface area (Å²) in [6, 6.07) is 6.53. The molecule has 3 rings (SSSR count). The molecule has 1 aliphatic heterocycles. The maximum absolute atomic E-state index is 13.3. The van der Waals surface area contributed by atoms with Gasteiger partial charge in [0.1, 0.15) is 0 Å². The van der Waals surface area contributed by atoms with E-state index in [-0.39, 0.29) is 20.5 Å². The van der Waals surface area contributed by atoms with Crippen molar-refractivity contribution in [1.29, 1.82) is 0 Å². The van der Waals surface area contributed by atoms with Crippen LogP contribution >= 0.6 is 23.2 Å². The van der Waals surface area contributed by atoms with E-state index in [9.17, 15) is 26.4 Å². The van der Waals surface area contributed by atoms with Crippen LogP contribution in [0.1, 0.15) is 41.6 Å². The lowest BCUT2D eigenvalue weighted by Crippen LogP contribution is -2.32. The predicted octanol–water partition coefficient (Wildman–Crippen LogP) is 5.83. The third-order valence-electron chi connectivity index (χ3n) is 4.92. The molecule has 2 aromatic carbocycles. The Morgan fingerprint density at radius 2 is 1.61 bits per heavy atom. The first-order valence-electron chi connectivity index (χ1n) is 9.48. The van der Waals surface area contributed by atoms with Crippen LogP contribution in [0.3, 0.4) is 0 Å². The summed E-state index contributed by atoms with van der Waals surface area (Å²) in [6.45, 7) is 0.735. The first kappa shape index (κ1) is 23.8. The monoisotopic (exact) mass is 494 g/mol. The number of amides is 1. The number of alkyl halides is 3. The summed E-state index contributed by atoms with van der Waals surface area (Å²) < 4.78 is 67.2. The van der Waals surface area contributed by atoms with Crippen molar-refractivity contribution in [2.45, 2.75) is 36.8 Å². The zero-order valence-electron chi connectivity index (χ0n) is 16.2. The van der Waals surface area contributed by atoms with Gasteiger partial charge in [-0.3, -0.25) is 4.79 Å². The first-order chi connectivity index (χ1) is 14.5. The third kappa shape index (κ3) is 5.52.